The van der Waals surface area contributed by atoms with E-state index in [1.54, 1.807) is 0 Å². The van der Waals surface area contributed by atoms with E-state index in [2.05, 4.69) is 71.4 Å². The average Bonchev–Trinajstić information content (AvgIpc) is 3.63. The molecule has 0 aliphatic rings. The second kappa shape index (κ2) is 20.2. The molecule has 0 amide bonds. The molecule has 8 aromatic carbocycles. The fourth-order valence-corrected chi connectivity index (χ4v) is 8.58. The molecule has 320 valence electrons. The zero-order valence-electron chi connectivity index (χ0n) is 36.0. The van der Waals surface area contributed by atoms with Gasteiger partial charge in [-0.15, -0.1) is 0 Å². The number of phenolic OH excluding ortho intramolecular Hbond substituents is 2. The Bertz CT molecular complexity index is 3010. The number of hydrogen-bond donors (Lipinski definition) is 3. The summed E-state index contributed by atoms with van der Waals surface area (Å²) in [6, 6.07) is 58.7. The Morgan fingerprint density at radius 2 is 0.969 bits per heavy atom. The summed E-state index contributed by atoms with van der Waals surface area (Å²) in [5.41, 5.74) is 11.4. The standard InChI is InChI=1S/C55H48N2O4.2ClH.Zr/c1-35-30-45(54(58)48(32-35)56-47-25-13-8-20-40(47)39-18-6-5-7-19-39)43-23-11-16-28-52(43)60-37(3)34-38(4)61-53-29-17-12-24-44(53)46-31-36(2)33-51(55(46)59)57-49-26-14-9-21-41(49)42-22-10-15-27-50(42)57;;;/h5-33,37-38,56,58-59H,34H2,1-4H3;2*1H;/q;;;+2/p-2. The molecule has 0 spiro atoms. The fourth-order valence-electron chi connectivity index (χ4n) is 8.58. The molecule has 9 aromatic rings. The first-order valence-corrected chi connectivity index (χ1v) is 27.5. The maximum atomic E-state index is 12.1. The summed E-state index contributed by atoms with van der Waals surface area (Å²) in [4.78, 5) is 0. The van der Waals surface area contributed by atoms with E-state index in [0.29, 0.717) is 34.7 Å². The summed E-state index contributed by atoms with van der Waals surface area (Å²) < 4.78 is 15.5. The number of ether oxygens (including phenoxy) is 2. The van der Waals surface area contributed by atoms with Crippen molar-refractivity contribution < 1.29 is 40.5 Å². The molecule has 6 nitrogen and oxygen atoms in total. The third kappa shape index (κ3) is 9.59. The van der Waals surface area contributed by atoms with Crippen LogP contribution in [0, 0.1) is 13.8 Å². The molecule has 2 atom stereocenters. The predicted molar refractivity (Wildman–Crippen MR) is 263 cm³/mol. The van der Waals surface area contributed by atoms with Crippen LogP contribution in [0.25, 0.3) is 60.9 Å². The molecule has 9 rings (SSSR count). The summed E-state index contributed by atoms with van der Waals surface area (Å²) in [6.45, 7) is 8.17. The number of hydrogen-bond acceptors (Lipinski definition) is 5. The van der Waals surface area contributed by atoms with Gasteiger partial charge in [0, 0.05) is 50.7 Å². The number of phenols is 2. The number of para-hydroxylation sites is 5. The van der Waals surface area contributed by atoms with E-state index in [1.807, 2.05) is 142 Å². The Morgan fingerprint density at radius 3 is 1.55 bits per heavy atom. The summed E-state index contributed by atoms with van der Waals surface area (Å²) in [7, 11) is 9.87. The predicted octanol–water partition coefficient (Wildman–Crippen LogP) is 15.6. The summed E-state index contributed by atoms with van der Waals surface area (Å²) in [6.07, 6.45) is 0.109. The molecule has 0 saturated carbocycles. The fraction of sp³-hybridized carbons (Fsp3) is 0.127. The van der Waals surface area contributed by atoms with Crippen LogP contribution in [0.15, 0.2) is 176 Å². The number of fused-ring (bicyclic) bond motifs is 3. The third-order valence-corrected chi connectivity index (χ3v) is 11.3. The van der Waals surface area contributed by atoms with Crippen LogP contribution in [0.1, 0.15) is 31.4 Å². The third-order valence-electron chi connectivity index (χ3n) is 11.3. The molecule has 64 heavy (non-hydrogen) atoms. The molecule has 0 fully saturated rings. The molecular weight excluding hydrogens is 915 g/mol. The Morgan fingerprint density at radius 1 is 0.516 bits per heavy atom. The molecule has 2 unspecified atom stereocenters. The van der Waals surface area contributed by atoms with Gasteiger partial charge in [-0.05, 0) is 99.0 Å². The van der Waals surface area contributed by atoms with Crippen molar-refractivity contribution in [1.29, 1.82) is 0 Å². The van der Waals surface area contributed by atoms with Crippen molar-refractivity contribution >= 4 is 50.2 Å². The summed E-state index contributed by atoms with van der Waals surface area (Å²) >= 11 is -0.826. The summed E-state index contributed by atoms with van der Waals surface area (Å²) in [5, 5.41) is 29.7. The van der Waals surface area contributed by atoms with Gasteiger partial charge in [-0.2, -0.15) is 0 Å². The normalized spacial score (nSPS) is 12.0. The van der Waals surface area contributed by atoms with Crippen molar-refractivity contribution in [2.24, 2.45) is 0 Å². The SMILES string of the molecule is Cc1cc(Nc2ccccc2-c2ccccc2)c(O)c(-c2ccccc2OC(C)CC(C)Oc2ccccc2-c2cc(C)cc(-n3c4ccccc4c4ccccc43)c2O)c1.[Cl][Zr][Cl]. The second-order valence-corrected chi connectivity index (χ2v) is 19.7. The molecule has 3 N–H and O–H groups in total. The van der Waals surface area contributed by atoms with Crippen LogP contribution in [-0.4, -0.2) is 27.0 Å². The van der Waals surface area contributed by atoms with Crippen LogP contribution >= 0.6 is 17.0 Å². The van der Waals surface area contributed by atoms with Gasteiger partial charge in [-0.3, -0.25) is 0 Å². The molecular formula is C55H48Cl2N2O4Zr. The van der Waals surface area contributed by atoms with E-state index in [9.17, 15) is 10.2 Å². The Labute approximate surface area is 393 Å². The van der Waals surface area contributed by atoms with Gasteiger partial charge in [0.25, 0.3) is 0 Å². The van der Waals surface area contributed by atoms with Crippen LogP contribution in [0.4, 0.5) is 11.4 Å². The maximum absolute atomic E-state index is 12.1. The number of aromatic hydroxyl groups is 2. The van der Waals surface area contributed by atoms with Crippen LogP contribution in [0.2, 0.25) is 0 Å². The van der Waals surface area contributed by atoms with Crippen LogP contribution < -0.4 is 14.8 Å². The number of nitrogens with one attached hydrogen (secondary N) is 1. The molecule has 1 heterocycles. The molecule has 1 aromatic heterocycles. The average molecular weight is 963 g/mol. The summed E-state index contributed by atoms with van der Waals surface area (Å²) in [5.74, 6) is 1.68. The van der Waals surface area contributed by atoms with E-state index in [1.165, 1.54) is 0 Å². The van der Waals surface area contributed by atoms with E-state index in [-0.39, 0.29) is 23.7 Å². The number of anilines is 2. The van der Waals surface area contributed by atoms with Crippen molar-refractivity contribution in [1.82, 2.24) is 4.57 Å². The topological polar surface area (TPSA) is 75.9 Å². The van der Waals surface area contributed by atoms with Gasteiger partial charge in [-0.1, -0.05) is 121 Å². The first kappa shape index (κ1) is 44.6. The number of benzene rings is 8. The van der Waals surface area contributed by atoms with Gasteiger partial charge in [0.05, 0.1) is 34.6 Å². The van der Waals surface area contributed by atoms with Gasteiger partial charge >= 0.3 is 37.9 Å². The van der Waals surface area contributed by atoms with E-state index in [4.69, 9.17) is 26.5 Å². The quantitative estimate of drug-likeness (QED) is 0.106. The molecule has 0 bridgehead atoms. The van der Waals surface area contributed by atoms with Crippen molar-refractivity contribution in [3.8, 4) is 62.1 Å². The molecule has 0 radical (unpaired) electrons. The Kier molecular flexibility index (Phi) is 14.1. The van der Waals surface area contributed by atoms with Gasteiger partial charge in [0.2, 0.25) is 0 Å². The van der Waals surface area contributed by atoms with Crippen molar-refractivity contribution in [2.45, 2.75) is 46.3 Å². The number of halogens is 2. The Hall–Kier alpha value is -5.98. The van der Waals surface area contributed by atoms with E-state index in [0.717, 1.165) is 66.6 Å². The number of aromatic nitrogens is 1. The zero-order chi connectivity index (χ0) is 44.7. The van der Waals surface area contributed by atoms with E-state index >= 15 is 0 Å². The number of nitrogens with zero attached hydrogens (tertiary/aromatic N) is 1. The van der Waals surface area contributed by atoms with Gasteiger partial charge in [-0.25, -0.2) is 0 Å². The van der Waals surface area contributed by atoms with Crippen LogP contribution in [0.5, 0.6) is 23.0 Å². The van der Waals surface area contributed by atoms with Crippen LogP contribution in [0.3, 0.4) is 0 Å². The van der Waals surface area contributed by atoms with Crippen molar-refractivity contribution in [3.05, 3.63) is 187 Å². The number of aryl methyl sites for hydroxylation is 2. The molecule has 0 aliphatic heterocycles. The molecule has 9 heteroatoms. The van der Waals surface area contributed by atoms with Crippen molar-refractivity contribution in [2.75, 3.05) is 5.32 Å². The molecule has 0 saturated heterocycles. The monoisotopic (exact) mass is 960 g/mol. The molecule has 0 aliphatic carbocycles. The van der Waals surface area contributed by atoms with Crippen molar-refractivity contribution in [3.63, 3.8) is 0 Å². The van der Waals surface area contributed by atoms with Crippen LogP contribution in [-0.2, 0) is 20.8 Å². The second-order valence-electron chi connectivity index (χ2n) is 16.0. The van der Waals surface area contributed by atoms with E-state index < -0.39 is 20.8 Å². The minimum absolute atomic E-state index is 0.145. The van der Waals surface area contributed by atoms with Gasteiger partial charge in [0.1, 0.15) is 23.0 Å². The number of rotatable bonds is 12. The van der Waals surface area contributed by atoms with Gasteiger partial charge < -0.3 is 29.6 Å². The Balaban J connectivity index is 0.00000182. The van der Waals surface area contributed by atoms with Gasteiger partial charge in [0.15, 0.2) is 0 Å². The first-order chi connectivity index (χ1) is 31.1. The first-order valence-electron chi connectivity index (χ1n) is 21.2. The minimum atomic E-state index is -0.826. The zero-order valence-corrected chi connectivity index (χ0v) is 40.0.